The third-order valence-electron chi connectivity index (χ3n) is 1.71. The fourth-order valence-corrected chi connectivity index (χ4v) is 1.11. The molecule has 0 N–H and O–H groups in total. The van der Waals surface area contributed by atoms with Crippen LogP contribution < -0.4 is 0 Å². The summed E-state index contributed by atoms with van der Waals surface area (Å²) in [6.07, 6.45) is 4.70. The van der Waals surface area contributed by atoms with Crippen molar-refractivity contribution >= 4 is 0 Å². The van der Waals surface area contributed by atoms with Gasteiger partial charge < -0.3 is 0 Å². The molecule has 4 heteroatoms. The SMILES string of the molecule is N#Cc1nccnc1-c1ccccn1. The molecule has 4 nitrogen and oxygen atoms in total. The zero-order valence-corrected chi connectivity index (χ0v) is 7.25. The van der Waals surface area contributed by atoms with Crippen molar-refractivity contribution in [2.75, 3.05) is 0 Å². The molecule has 0 aliphatic rings. The molecule has 0 radical (unpaired) electrons. The van der Waals surface area contributed by atoms with Gasteiger partial charge in [-0.2, -0.15) is 5.26 Å². The van der Waals surface area contributed by atoms with E-state index < -0.39 is 0 Å². The third-order valence-corrected chi connectivity index (χ3v) is 1.71. The van der Waals surface area contributed by atoms with Crippen molar-refractivity contribution in [2.45, 2.75) is 0 Å². The van der Waals surface area contributed by atoms with Crippen molar-refractivity contribution in [2.24, 2.45) is 0 Å². The summed E-state index contributed by atoms with van der Waals surface area (Å²) in [6, 6.07) is 7.43. The van der Waals surface area contributed by atoms with E-state index in [1.165, 1.54) is 6.20 Å². The molecule has 2 aromatic heterocycles. The molecule has 2 rings (SSSR count). The van der Waals surface area contributed by atoms with Crippen molar-refractivity contribution in [3.63, 3.8) is 0 Å². The molecule has 66 valence electrons. The lowest BCUT2D eigenvalue weighted by molar-refractivity contribution is 1.14. The fraction of sp³-hybridized carbons (Fsp3) is 0. The first-order chi connectivity index (χ1) is 6.92. The summed E-state index contributed by atoms with van der Waals surface area (Å²) < 4.78 is 0. The maximum absolute atomic E-state index is 8.80. The van der Waals surface area contributed by atoms with Gasteiger partial charge in [-0.15, -0.1) is 0 Å². The third kappa shape index (κ3) is 1.43. The van der Waals surface area contributed by atoms with Crippen LogP contribution in [0.4, 0.5) is 0 Å². The summed E-state index contributed by atoms with van der Waals surface area (Å²) in [5.41, 5.74) is 1.49. The zero-order valence-electron chi connectivity index (χ0n) is 7.25. The largest absolute Gasteiger partial charge is 0.255 e. The lowest BCUT2D eigenvalue weighted by atomic mass is 10.2. The van der Waals surface area contributed by atoms with Crippen LogP contribution in [0.15, 0.2) is 36.8 Å². The molecular formula is C10H6N4. The van der Waals surface area contributed by atoms with Crippen LogP contribution in [0.25, 0.3) is 11.4 Å². The minimum Gasteiger partial charge on any atom is -0.255 e. The lowest BCUT2D eigenvalue weighted by Crippen LogP contribution is -1.93. The molecule has 0 spiro atoms. The Hall–Kier alpha value is -2.28. The summed E-state index contributed by atoms with van der Waals surface area (Å²) >= 11 is 0. The van der Waals surface area contributed by atoms with Crippen LogP contribution >= 0.6 is 0 Å². The monoisotopic (exact) mass is 182 g/mol. The molecule has 0 bridgehead atoms. The first kappa shape index (κ1) is 8.32. The number of nitrogens with zero attached hydrogens (tertiary/aromatic N) is 4. The molecule has 0 aromatic carbocycles. The molecule has 0 fully saturated rings. The Labute approximate surface area is 80.9 Å². The Kier molecular flexibility index (Phi) is 2.15. The van der Waals surface area contributed by atoms with Crippen LogP contribution in [0.1, 0.15) is 5.69 Å². The molecule has 0 saturated carbocycles. The first-order valence-corrected chi connectivity index (χ1v) is 4.04. The maximum Gasteiger partial charge on any atom is 0.168 e. The molecular weight excluding hydrogens is 176 g/mol. The second kappa shape index (κ2) is 3.62. The van der Waals surface area contributed by atoms with Crippen LogP contribution in [0.3, 0.4) is 0 Å². The highest BCUT2D eigenvalue weighted by atomic mass is 14.8. The van der Waals surface area contributed by atoms with Gasteiger partial charge in [-0.1, -0.05) is 6.07 Å². The Bertz CT molecular complexity index is 473. The Morgan fingerprint density at radius 2 is 1.86 bits per heavy atom. The summed E-state index contributed by atoms with van der Waals surface area (Å²) in [7, 11) is 0. The summed E-state index contributed by atoms with van der Waals surface area (Å²) in [4.78, 5) is 12.1. The molecule has 0 aliphatic heterocycles. The van der Waals surface area contributed by atoms with Crippen LogP contribution in [0, 0.1) is 11.3 Å². The molecule has 0 unspecified atom stereocenters. The van der Waals surface area contributed by atoms with Crippen molar-refractivity contribution in [1.29, 1.82) is 5.26 Å². The van der Waals surface area contributed by atoms with E-state index in [0.29, 0.717) is 17.1 Å². The molecule has 0 aliphatic carbocycles. The average molecular weight is 182 g/mol. The minimum atomic E-state index is 0.297. The Balaban J connectivity index is 2.58. The molecule has 0 amide bonds. The van der Waals surface area contributed by atoms with Crippen LogP contribution in [-0.2, 0) is 0 Å². The smallest absolute Gasteiger partial charge is 0.168 e. The number of nitriles is 1. The van der Waals surface area contributed by atoms with Gasteiger partial charge in [-0.25, -0.2) is 9.97 Å². The van der Waals surface area contributed by atoms with Crippen molar-refractivity contribution in [3.05, 3.63) is 42.5 Å². The predicted octanol–water partition coefficient (Wildman–Crippen LogP) is 1.41. The Morgan fingerprint density at radius 1 is 1.00 bits per heavy atom. The highest BCUT2D eigenvalue weighted by Gasteiger charge is 2.06. The number of hydrogen-bond donors (Lipinski definition) is 0. The van der Waals surface area contributed by atoms with E-state index in [4.69, 9.17) is 5.26 Å². The minimum absolute atomic E-state index is 0.297. The van der Waals surface area contributed by atoms with E-state index in [2.05, 4.69) is 15.0 Å². The second-order valence-electron chi connectivity index (χ2n) is 2.58. The molecule has 14 heavy (non-hydrogen) atoms. The first-order valence-electron chi connectivity index (χ1n) is 4.04. The van der Waals surface area contributed by atoms with Gasteiger partial charge in [0, 0.05) is 18.6 Å². The van der Waals surface area contributed by atoms with E-state index in [1.54, 1.807) is 18.5 Å². The highest BCUT2D eigenvalue weighted by Crippen LogP contribution is 2.14. The number of aromatic nitrogens is 3. The van der Waals surface area contributed by atoms with E-state index in [9.17, 15) is 0 Å². The van der Waals surface area contributed by atoms with E-state index in [0.717, 1.165) is 0 Å². The topological polar surface area (TPSA) is 62.5 Å². The van der Waals surface area contributed by atoms with Gasteiger partial charge in [0.15, 0.2) is 5.69 Å². The number of pyridine rings is 1. The predicted molar refractivity (Wildman–Crippen MR) is 50.0 cm³/mol. The van der Waals surface area contributed by atoms with E-state index in [-0.39, 0.29) is 0 Å². The zero-order chi connectivity index (χ0) is 9.80. The highest BCUT2D eigenvalue weighted by molar-refractivity contribution is 5.59. The normalized spacial score (nSPS) is 9.36. The van der Waals surface area contributed by atoms with Crippen molar-refractivity contribution < 1.29 is 0 Å². The summed E-state index contributed by atoms with van der Waals surface area (Å²) in [5, 5.41) is 8.80. The van der Waals surface area contributed by atoms with Crippen molar-refractivity contribution in [3.8, 4) is 17.5 Å². The summed E-state index contributed by atoms with van der Waals surface area (Å²) in [5.74, 6) is 0. The number of hydrogen-bond acceptors (Lipinski definition) is 4. The quantitative estimate of drug-likeness (QED) is 0.668. The van der Waals surface area contributed by atoms with Gasteiger partial charge in [-0.05, 0) is 12.1 Å². The second-order valence-corrected chi connectivity index (χ2v) is 2.58. The average Bonchev–Trinajstić information content (AvgIpc) is 2.30. The van der Waals surface area contributed by atoms with Gasteiger partial charge >= 0.3 is 0 Å². The van der Waals surface area contributed by atoms with Gasteiger partial charge in [0.1, 0.15) is 11.8 Å². The standard InChI is InChI=1S/C10H6N4/c11-7-9-10(14-6-5-13-9)8-3-1-2-4-12-8/h1-6H. The van der Waals surface area contributed by atoms with Crippen LogP contribution in [0.5, 0.6) is 0 Å². The van der Waals surface area contributed by atoms with Gasteiger partial charge in [0.25, 0.3) is 0 Å². The summed E-state index contributed by atoms with van der Waals surface area (Å²) in [6.45, 7) is 0. The lowest BCUT2D eigenvalue weighted by Gasteiger charge is -1.99. The molecule has 0 saturated heterocycles. The van der Waals surface area contributed by atoms with Crippen LogP contribution in [0.2, 0.25) is 0 Å². The van der Waals surface area contributed by atoms with Gasteiger partial charge in [0.2, 0.25) is 0 Å². The van der Waals surface area contributed by atoms with Crippen molar-refractivity contribution in [1.82, 2.24) is 15.0 Å². The van der Waals surface area contributed by atoms with E-state index in [1.807, 2.05) is 18.2 Å². The maximum atomic E-state index is 8.80. The van der Waals surface area contributed by atoms with Gasteiger partial charge in [-0.3, -0.25) is 4.98 Å². The van der Waals surface area contributed by atoms with Gasteiger partial charge in [0.05, 0.1) is 5.69 Å². The number of rotatable bonds is 1. The fourth-order valence-electron chi connectivity index (χ4n) is 1.11. The van der Waals surface area contributed by atoms with E-state index >= 15 is 0 Å². The molecule has 2 heterocycles. The molecule has 0 atom stereocenters. The van der Waals surface area contributed by atoms with Crippen LogP contribution in [-0.4, -0.2) is 15.0 Å². The Morgan fingerprint density at radius 3 is 2.57 bits per heavy atom. The molecule has 2 aromatic rings.